The predicted molar refractivity (Wildman–Crippen MR) is 79.0 cm³/mol. The van der Waals surface area contributed by atoms with Gasteiger partial charge in [0, 0.05) is 0 Å². The van der Waals surface area contributed by atoms with Gasteiger partial charge in [0.15, 0.2) is 0 Å². The number of carboxylic acids is 1. The number of aliphatic hydroxyl groups is 1. The van der Waals surface area contributed by atoms with Crippen molar-refractivity contribution in [2.75, 3.05) is 0 Å². The molecule has 0 saturated carbocycles. The fourth-order valence-corrected chi connectivity index (χ4v) is 1.18. The van der Waals surface area contributed by atoms with Crippen LogP contribution in [0.4, 0.5) is 0 Å². The van der Waals surface area contributed by atoms with Gasteiger partial charge in [-0.1, -0.05) is 0 Å². The smallest absolute Gasteiger partial charge is 0.365 e. The SMILES string of the molecule is CC(C)(C)OC(OC(C)(C)C)C(=O)OC(O)C(C)(C)C(=O)O. The largest absolute Gasteiger partial charge is 0.481 e. The second kappa shape index (κ2) is 6.93. The van der Waals surface area contributed by atoms with Gasteiger partial charge >= 0.3 is 11.9 Å². The molecule has 0 aliphatic carbocycles. The van der Waals surface area contributed by atoms with E-state index in [2.05, 4.69) is 0 Å². The molecule has 0 saturated heterocycles. The van der Waals surface area contributed by atoms with Gasteiger partial charge in [0.05, 0.1) is 11.2 Å². The van der Waals surface area contributed by atoms with Crippen molar-refractivity contribution in [2.24, 2.45) is 5.41 Å². The number of carbonyl (C=O) groups excluding carboxylic acids is 1. The van der Waals surface area contributed by atoms with E-state index in [4.69, 9.17) is 19.3 Å². The summed E-state index contributed by atoms with van der Waals surface area (Å²) in [6, 6.07) is 0. The van der Waals surface area contributed by atoms with Crippen molar-refractivity contribution in [2.45, 2.75) is 79.2 Å². The third-order valence-corrected chi connectivity index (χ3v) is 2.51. The minimum atomic E-state index is -1.83. The summed E-state index contributed by atoms with van der Waals surface area (Å²) in [5.74, 6) is -2.27. The van der Waals surface area contributed by atoms with E-state index in [0.717, 1.165) is 0 Å². The summed E-state index contributed by atoms with van der Waals surface area (Å²) in [7, 11) is 0. The van der Waals surface area contributed by atoms with Crippen LogP contribution in [0.25, 0.3) is 0 Å². The topological polar surface area (TPSA) is 102 Å². The third-order valence-electron chi connectivity index (χ3n) is 2.51. The Kier molecular flexibility index (Phi) is 6.56. The quantitative estimate of drug-likeness (QED) is 0.569. The van der Waals surface area contributed by atoms with Crippen molar-refractivity contribution in [3.05, 3.63) is 0 Å². The summed E-state index contributed by atoms with van der Waals surface area (Å²) in [6.45, 7) is 12.9. The molecule has 0 rings (SSSR count). The third kappa shape index (κ3) is 7.20. The lowest BCUT2D eigenvalue weighted by molar-refractivity contribution is -0.260. The molecular weight excluding hydrogens is 292 g/mol. The van der Waals surface area contributed by atoms with Gasteiger partial charge in [-0.15, -0.1) is 0 Å². The molecule has 2 N–H and O–H groups in total. The normalized spacial score (nSPS) is 14.8. The summed E-state index contributed by atoms with van der Waals surface area (Å²) < 4.78 is 15.8. The molecular formula is C15H28O7. The van der Waals surface area contributed by atoms with Gasteiger partial charge in [0.2, 0.25) is 6.29 Å². The first-order valence-corrected chi connectivity index (χ1v) is 7.04. The highest BCUT2D eigenvalue weighted by Crippen LogP contribution is 2.24. The van der Waals surface area contributed by atoms with Gasteiger partial charge in [-0.3, -0.25) is 4.79 Å². The average molecular weight is 320 g/mol. The Morgan fingerprint density at radius 1 is 0.864 bits per heavy atom. The van der Waals surface area contributed by atoms with E-state index < -0.39 is 41.1 Å². The number of hydrogen-bond donors (Lipinski definition) is 2. The molecule has 0 bridgehead atoms. The molecule has 7 heteroatoms. The van der Waals surface area contributed by atoms with Crippen molar-refractivity contribution >= 4 is 11.9 Å². The van der Waals surface area contributed by atoms with Crippen LogP contribution in [0.5, 0.6) is 0 Å². The van der Waals surface area contributed by atoms with E-state index >= 15 is 0 Å². The molecule has 0 aromatic carbocycles. The number of ether oxygens (including phenoxy) is 3. The molecule has 1 atom stereocenters. The Bertz CT molecular complexity index is 385. The van der Waals surface area contributed by atoms with Gasteiger partial charge in [-0.05, 0) is 55.4 Å². The van der Waals surface area contributed by atoms with Crippen LogP contribution in [0.15, 0.2) is 0 Å². The summed E-state index contributed by atoms with van der Waals surface area (Å²) in [4.78, 5) is 23.2. The fourth-order valence-electron chi connectivity index (χ4n) is 1.18. The highest BCUT2D eigenvalue weighted by atomic mass is 16.7. The molecule has 1 unspecified atom stereocenters. The Morgan fingerprint density at radius 2 is 1.23 bits per heavy atom. The second-order valence-corrected chi connectivity index (χ2v) is 7.61. The summed E-state index contributed by atoms with van der Waals surface area (Å²) >= 11 is 0. The zero-order valence-corrected chi connectivity index (χ0v) is 14.6. The van der Waals surface area contributed by atoms with E-state index in [9.17, 15) is 14.7 Å². The Labute approximate surface area is 131 Å². The number of hydrogen-bond acceptors (Lipinski definition) is 6. The molecule has 0 spiro atoms. The molecule has 0 amide bonds. The number of aliphatic hydroxyl groups excluding tert-OH is 1. The molecule has 22 heavy (non-hydrogen) atoms. The Balaban J connectivity index is 5.09. The predicted octanol–water partition coefficient (Wildman–Crippen LogP) is 1.92. The van der Waals surface area contributed by atoms with Crippen LogP contribution in [-0.2, 0) is 23.8 Å². The maximum absolute atomic E-state index is 12.2. The molecule has 0 aliphatic rings. The minimum Gasteiger partial charge on any atom is -0.481 e. The minimum absolute atomic E-state index is 0.692. The lowest BCUT2D eigenvalue weighted by Crippen LogP contribution is -2.46. The number of carboxylic acid groups (broad SMARTS) is 1. The highest BCUT2D eigenvalue weighted by molar-refractivity contribution is 5.76. The average Bonchev–Trinajstić information content (AvgIpc) is 2.23. The first-order valence-electron chi connectivity index (χ1n) is 7.04. The highest BCUT2D eigenvalue weighted by Gasteiger charge is 2.41. The van der Waals surface area contributed by atoms with Gasteiger partial charge < -0.3 is 24.4 Å². The van der Waals surface area contributed by atoms with Crippen molar-refractivity contribution in [3.8, 4) is 0 Å². The van der Waals surface area contributed by atoms with Crippen LogP contribution >= 0.6 is 0 Å². The lowest BCUT2D eigenvalue weighted by atomic mass is 9.93. The van der Waals surface area contributed by atoms with Crippen molar-refractivity contribution < 1.29 is 34.0 Å². The Hall–Kier alpha value is -1.18. The van der Waals surface area contributed by atoms with Crippen LogP contribution < -0.4 is 0 Å². The maximum Gasteiger partial charge on any atom is 0.365 e. The van der Waals surface area contributed by atoms with Crippen LogP contribution in [0.3, 0.4) is 0 Å². The van der Waals surface area contributed by atoms with Crippen molar-refractivity contribution in [1.82, 2.24) is 0 Å². The standard InChI is InChI=1S/C15H28O7/c1-13(2,3)21-10(22-14(4,5)6)9(16)20-12(19)15(7,8)11(17)18/h10,12,19H,1-8H3,(H,17,18). The van der Waals surface area contributed by atoms with Gasteiger partial charge in [-0.2, -0.15) is 0 Å². The number of rotatable bonds is 6. The van der Waals surface area contributed by atoms with Gasteiger partial charge in [0.1, 0.15) is 5.41 Å². The molecule has 0 aromatic rings. The van der Waals surface area contributed by atoms with E-state index in [0.29, 0.717) is 0 Å². The van der Waals surface area contributed by atoms with Crippen molar-refractivity contribution in [1.29, 1.82) is 0 Å². The van der Waals surface area contributed by atoms with Crippen LogP contribution in [-0.4, -0.2) is 45.9 Å². The van der Waals surface area contributed by atoms with Gasteiger partial charge in [0.25, 0.3) is 6.29 Å². The summed E-state index contributed by atoms with van der Waals surface area (Å²) in [6.07, 6.45) is -3.20. The van der Waals surface area contributed by atoms with Crippen molar-refractivity contribution in [3.63, 3.8) is 0 Å². The number of esters is 1. The van der Waals surface area contributed by atoms with Crippen LogP contribution in [0, 0.1) is 5.41 Å². The van der Waals surface area contributed by atoms with Crippen LogP contribution in [0.2, 0.25) is 0 Å². The van der Waals surface area contributed by atoms with Crippen LogP contribution in [0.1, 0.15) is 55.4 Å². The summed E-state index contributed by atoms with van der Waals surface area (Å²) in [5.41, 5.74) is -3.03. The lowest BCUT2D eigenvalue weighted by Gasteiger charge is -2.33. The maximum atomic E-state index is 12.2. The molecule has 130 valence electrons. The molecule has 0 fully saturated rings. The molecule has 7 nitrogen and oxygen atoms in total. The fraction of sp³-hybridized carbons (Fsp3) is 0.867. The first-order chi connectivity index (χ1) is 9.56. The molecule has 0 aromatic heterocycles. The monoisotopic (exact) mass is 320 g/mol. The number of aliphatic carboxylic acids is 1. The van der Waals surface area contributed by atoms with E-state index in [1.54, 1.807) is 41.5 Å². The van der Waals surface area contributed by atoms with E-state index in [1.165, 1.54) is 13.8 Å². The molecule has 0 aliphatic heterocycles. The van der Waals surface area contributed by atoms with E-state index in [1.807, 2.05) is 0 Å². The zero-order valence-electron chi connectivity index (χ0n) is 14.6. The zero-order chi connectivity index (χ0) is 17.9. The first kappa shape index (κ1) is 20.8. The molecule has 0 heterocycles. The van der Waals surface area contributed by atoms with E-state index in [-0.39, 0.29) is 0 Å². The second-order valence-electron chi connectivity index (χ2n) is 7.61. The summed E-state index contributed by atoms with van der Waals surface area (Å²) in [5, 5.41) is 18.9. The Morgan fingerprint density at radius 3 is 1.50 bits per heavy atom. The molecule has 0 radical (unpaired) electrons. The number of carbonyl (C=O) groups is 2. The van der Waals surface area contributed by atoms with Gasteiger partial charge in [-0.25, -0.2) is 4.79 Å².